The van der Waals surface area contributed by atoms with Crippen LogP contribution in [0.5, 0.6) is 11.5 Å². The molecular formula is C18H14N2O5. The lowest BCUT2D eigenvalue weighted by atomic mass is 10.2. The van der Waals surface area contributed by atoms with Gasteiger partial charge in [-0.1, -0.05) is 12.1 Å². The van der Waals surface area contributed by atoms with Crippen LogP contribution in [0.1, 0.15) is 29.2 Å². The van der Waals surface area contributed by atoms with E-state index in [1.165, 1.54) is 0 Å². The predicted molar refractivity (Wildman–Crippen MR) is 88.8 cm³/mol. The highest BCUT2D eigenvalue weighted by Gasteiger charge is 2.20. The molecule has 3 aromatic rings. The summed E-state index contributed by atoms with van der Waals surface area (Å²) < 4.78 is 15.9. The van der Waals surface area contributed by atoms with Gasteiger partial charge in [-0.3, -0.25) is 4.79 Å². The molecule has 1 N–H and O–H groups in total. The molecule has 0 radical (unpaired) electrons. The zero-order valence-corrected chi connectivity index (χ0v) is 13.3. The molecule has 2 heterocycles. The summed E-state index contributed by atoms with van der Waals surface area (Å²) in [6, 6.07) is 11.8. The van der Waals surface area contributed by atoms with Gasteiger partial charge in [-0.25, -0.2) is 9.78 Å². The third kappa shape index (κ3) is 2.80. The van der Waals surface area contributed by atoms with Crippen LogP contribution in [0.3, 0.4) is 0 Å². The number of carbonyl (C=O) groups is 1. The minimum atomic E-state index is -0.713. The van der Waals surface area contributed by atoms with Crippen LogP contribution in [0.4, 0.5) is 0 Å². The van der Waals surface area contributed by atoms with Gasteiger partial charge in [0.15, 0.2) is 23.4 Å². The number of nitrogens with zero attached hydrogens (tertiary/aromatic N) is 1. The van der Waals surface area contributed by atoms with E-state index in [4.69, 9.17) is 14.2 Å². The Balaban J connectivity index is 1.58. The SMILES string of the molecule is C[C@H](OC(=O)c1ccc2c(c1)OCO2)c1nc2ccccc2c(=O)[nH]1. The van der Waals surface area contributed by atoms with Crippen molar-refractivity contribution < 1.29 is 19.0 Å². The Labute approximate surface area is 142 Å². The third-order valence-corrected chi connectivity index (χ3v) is 3.91. The van der Waals surface area contributed by atoms with Gasteiger partial charge in [0.05, 0.1) is 16.5 Å². The maximum Gasteiger partial charge on any atom is 0.338 e. The van der Waals surface area contributed by atoms with Crippen LogP contribution in [-0.2, 0) is 4.74 Å². The van der Waals surface area contributed by atoms with E-state index in [1.54, 1.807) is 49.4 Å². The van der Waals surface area contributed by atoms with Crippen molar-refractivity contribution in [3.63, 3.8) is 0 Å². The molecule has 2 aromatic carbocycles. The fraction of sp³-hybridized carbons (Fsp3) is 0.167. The average molecular weight is 338 g/mol. The quantitative estimate of drug-likeness (QED) is 0.738. The van der Waals surface area contributed by atoms with Crippen LogP contribution in [0.25, 0.3) is 10.9 Å². The molecule has 0 saturated heterocycles. The normalized spacial score (nSPS) is 13.6. The fourth-order valence-electron chi connectivity index (χ4n) is 2.60. The molecule has 1 atom stereocenters. The second-order valence-electron chi connectivity index (χ2n) is 5.58. The third-order valence-electron chi connectivity index (χ3n) is 3.91. The van der Waals surface area contributed by atoms with E-state index >= 15 is 0 Å². The first kappa shape index (κ1) is 15.2. The number of fused-ring (bicyclic) bond motifs is 2. The highest BCUT2D eigenvalue weighted by Crippen LogP contribution is 2.33. The standard InChI is InChI=1S/C18H14N2O5/c1-10(16-19-13-5-3-2-4-12(13)17(21)20-16)25-18(22)11-6-7-14-15(8-11)24-9-23-14/h2-8,10H,9H2,1H3,(H,19,20,21)/t10-/m0/s1. The summed E-state index contributed by atoms with van der Waals surface area (Å²) in [6.45, 7) is 1.78. The first-order valence-corrected chi connectivity index (χ1v) is 7.71. The number of nitrogens with one attached hydrogen (secondary N) is 1. The maximum atomic E-state index is 12.3. The topological polar surface area (TPSA) is 90.5 Å². The number of ether oxygens (including phenoxy) is 3. The van der Waals surface area contributed by atoms with Crippen molar-refractivity contribution in [3.05, 3.63) is 64.2 Å². The predicted octanol–water partition coefficient (Wildman–Crippen LogP) is 2.57. The number of benzene rings is 2. The molecule has 0 aliphatic carbocycles. The second-order valence-corrected chi connectivity index (χ2v) is 5.58. The minimum absolute atomic E-state index is 0.131. The molecule has 0 saturated carbocycles. The van der Waals surface area contributed by atoms with Crippen molar-refractivity contribution in [3.8, 4) is 11.5 Å². The monoisotopic (exact) mass is 338 g/mol. The van der Waals surface area contributed by atoms with Crippen molar-refractivity contribution in [2.45, 2.75) is 13.0 Å². The van der Waals surface area contributed by atoms with Gasteiger partial charge in [-0.05, 0) is 37.3 Å². The lowest BCUT2D eigenvalue weighted by molar-refractivity contribution is 0.0319. The number of hydrogen-bond acceptors (Lipinski definition) is 6. The van der Waals surface area contributed by atoms with Gasteiger partial charge in [-0.2, -0.15) is 0 Å². The summed E-state index contributed by atoms with van der Waals surface area (Å²) in [7, 11) is 0. The number of aromatic nitrogens is 2. The number of esters is 1. The first-order valence-electron chi connectivity index (χ1n) is 7.71. The van der Waals surface area contributed by atoms with Gasteiger partial charge in [0.2, 0.25) is 6.79 Å². The van der Waals surface area contributed by atoms with Crippen LogP contribution in [0, 0.1) is 0 Å². The minimum Gasteiger partial charge on any atom is -0.454 e. The number of para-hydroxylation sites is 1. The van der Waals surface area contributed by atoms with Crippen LogP contribution in [0.2, 0.25) is 0 Å². The molecule has 25 heavy (non-hydrogen) atoms. The van der Waals surface area contributed by atoms with Gasteiger partial charge in [0.1, 0.15) is 0 Å². The molecule has 4 rings (SSSR count). The zero-order chi connectivity index (χ0) is 17.4. The van der Waals surface area contributed by atoms with Crippen molar-refractivity contribution in [2.24, 2.45) is 0 Å². The number of aromatic amines is 1. The molecular weight excluding hydrogens is 324 g/mol. The number of H-pyrrole nitrogens is 1. The molecule has 0 unspecified atom stereocenters. The van der Waals surface area contributed by atoms with Gasteiger partial charge >= 0.3 is 5.97 Å². The summed E-state index contributed by atoms with van der Waals surface area (Å²) >= 11 is 0. The lowest BCUT2D eigenvalue weighted by Crippen LogP contribution is -2.17. The Morgan fingerprint density at radius 1 is 1.20 bits per heavy atom. The van der Waals surface area contributed by atoms with E-state index < -0.39 is 12.1 Å². The van der Waals surface area contributed by atoms with Crippen molar-refractivity contribution in [1.29, 1.82) is 0 Å². The molecule has 0 bridgehead atoms. The Bertz CT molecular complexity index is 1030. The van der Waals surface area contributed by atoms with E-state index in [2.05, 4.69) is 9.97 Å². The molecule has 1 aromatic heterocycles. The smallest absolute Gasteiger partial charge is 0.338 e. The molecule has 1 aliphatic heterocycles. The lowest BCUT2D eigenvalue weighted by Gasteiger charge is -2.13. The molecule has 0 spiro atoms. The van der Waals surface area contributed by atoms with E-state index in [1.807, 2.05) is 0 Å². The molecule has 0 fully saturated rings. The number of hydrogen-bond donors (Lipinski definition) is 1. The summed E-state index contributed by atoms with van der Waals surface area (Å²) in [5.41, 5.74) is 0.609. The van der Waals surface area contributed by atoms with E-state index in [9.17, 15) is 9.59 Å². The van der Waals surface area contributed by atoms with Crippen LogP contribution in [-0.4, -0.2) is 22.7 Å². The van der Waals surface area contributed by atoms with Crippen molar-refractivity contribution in [1.82, 2.24) is 9.97 Å². The van der Waals surface area contributed by atoms with Gasteiger partial charge in [0.25, 0.3) is 5.56 Å². The van der Waals surface area contributed by atoms with Gasteiger partial charge < -0.3 is 19.2 Å². The summed E-state index contributed by atoms with van der Waals surface area (Å²) in [5, 5.41) is 0.487. The molecule has 0 amide bonds. The maximum absolute atomic E-state index is 12.3. The summed E-state index contributed by atoms with van der Waals surface area (Å²) in [4.78, 5) is 31.5. The second kappa shape index (κ2) is 5.94. The van der Waals surface area contributed by atoms with Crippen molar-refractivity contribution >= 4 is 16.9 Å². The first-order chi connectivity index (χ1) is 12.1. The van der Waals surface area contributed by atoms with Crippen LogP contribution >= 0.6 is 0 Å². The largest absolute Gasteiger partial charge is 0.454 e. The Morgan fingerprint density at radius 2 is 2.00 bits per heavy atom. The highest BCUT2D eigenvalue weighted by atomic mass is 16.7. The number of carbonyl (C=O) groups excluding carboxylic acids is 1. The van der Waals surface area contributed by atoms with Gasteiger partial charge in [-0.15, -0.1) is 0 Å². The van der Waals surface area contributed by atoms with Crippen LogP contribution < -0.4 is 15.0 Å². The number of rotatable bonds is 3. The van der Waals surface area contributed by atoms with Crippen molar-refractivity contribution in [2.75, 3.05) is 6.79 Å². The average Bonchev–Trinajstić information content (AvgIpc) is 3.09. The molecule has 1 aliphatic rings. The summed E-state index contributed by atoms with van der Waals surface area (Å²) in [6.07, 6.45) is -0.713. The fourth-order valence-corrected chi connectivity index (χ4v) is 2.60. The Hall–Kier alpha value is -3.35. The van der Waals surface area contributed by atoms with Crippen LogP contribution in [0.15, 0.2) is 47.3 Å². The molecule has 7 nitrogen and oxygen atoms in total. The van der Waals surface area contributed by atoms with Gasteiger partial charge in [0, 0.05) is 0 Å². The summed E-state index contributed by atoms with van der Waals surface area (Å²) in [5.74, 6) is 0.837. The zero-order valence-electron chi connectivity index (χ0n) is 13.3. The Morgan fingerprint density at radius 3 is 2.88 bits per heavy atom. The van der Waals surface area contributed by atoms with E-state index in [0.29, 0.717) is 28.0 Å². The highest BCUT2D eigenvalue weighted by molar-refractivity contribution is 5.90. The van der Waals surface area contributed by atoms with E-state index in [0.717, 1.165) is 0 Å². The Kier molecular flexibility index (Phi) is 3.61. The molecule has 7 heteroatoms. The molecule has 126 valence electrons. The van der Waals surface area contributed by atoms with E-state index in [-0.39, 0.29) is 18.2 Å².